The normalized spacial score (nSPS) is 9.74. The quantitative estimate of drug-likeness (QED) is 0.476. The summed E-state index contributed by atoms with van der Waals surface area (Å²) in [7, 11) is 0. The molecule has 104 valence electrons. The first-order chi connectivity index (χ1) is 9.01. The molecule has 10 nitrogen and oxygen atoms in total. The summed E-state index contributed by atoms with van der Waals surface area (Å²) in [6.07, 6.45) is 0. The molecule has 0 amide bonds. The molecular weight excluding hydrogens is 258 g/mol. The fraction of sp³-hybridized carbons (Fsp3) is 0.444. The summed E-state index contributed by atoms with van der Waals surface area (Å²) in [5.74, 6) is -2.21. The van der Waals surface area contributed by atoms with Gasteiger partial charge >= 0.3 is 17.9 Å². The van der Waals surface area contributed by atoms with Crippen molar-refractivity contribution >= 4 is 23.8 Å². The van der Waals surface area contributed by atoms with Crippen LogP contribution in [0.25, 0.3) is 0 Å². The molecule has 0 unspecified atom stereocenters. The molecule has 0 spiro atoms. The number of carboxylic acid groups (broad SMARTS) is 2. The summed E-state index contributed by atoms with van der Waals surface area (Å²) in [4.78, 5) is 32.3. The third-order valence-corrected chi connectivity index (χ3v) is 1.68. The van der Waals surface area contributed by atoms with Crippen LogP contribution in [0.1, 0.15) is 6.92 Å². The van der Waals surface area contributed by atoms with E-state index in [1.165, 1.54) is 0 Å². The molecule has 1 aromatic heterocycles. The van der Waals surface area contributed by atoms with Gasteiger partial charge in [0.15, 0.2) is 0 Å². The molecule has 0 saturated carbocycles. The summed E-state index contributed by atoms with van der Waals surface area (Å²) < 4.78 is 5.06. The van der Waals surface area contributed by atoms with Crippen LogP contribution in [0.3, 0.4) is 0 Å². The van der Waals surface area contributed by atoms with Crippen LogP contribution in [0.4, 0.5) is 11.9 Å². The topological polar surface area (TPSA) is 147 Å². The lowest BCUT2D eigenvalue weighted by atomic mass is 10.6. The largest absolute Gasteiger partial charge is 0.480 e. The van der Waals surface area contributed by atoms with Crippen LogP contribution in [0.15, 0.2) is 0 Å². The highest BCUT2D eigenvalue weighted by Crippen LogP contribution is 2.10. The summed E-state index contributed by atoms with van der Waals surface area (Å²) in [5.41, 5.74) is 0. The zero-order valence-electron chi connectivity index (χ0n) is 10.1. The highest BCUT2D eigenvalue weighted by atomic mass is 16.5. The van der Waals surface area contributed by atoms with Crippen LogP contribution >= 0.6 is 0 Å². The van der Waals surface area contributed by atoms with Gasteiger partial charge in [0.1, 0.15) is 13.1 Å². The summed E-state index contributed by atoms with van der Waals surface area (Å²) in [6, 6.07) is -0.0294. The van der Waals surface area contributed by atoms with Crippen molar-refractivity contribution in [1.29, 1.82) is 0 Å². The Kier molecular flexibility index (Phi) is 5.26. The molecule has 0 aliphatic carbocycles. The van der Waals surface area contributed by atoms with Crippen molar-refractivity contribution in [2.75, 3.05) is 30.3 Å². The molecule has 0 atom stereocenters. The maximum Gasteiger partial charge on any atom is 0.323 e. The zero-order chi connectivity index (χ0) is 14.3. The molecule has 19 heavy (non-hydrogen) atoms. The summed E-state index contributed by atoms with van der Waals surface area (Å²) >= 11 is 0. The number of hydrogen-bond acceptors (Lipinski definition) is 8. The van der Waals surface area contributed by atoms with E-state index in [2.05, 4.69) is 25.6 Å². The number of nitrogens with zero attached hydrogens (tertiary/aromatic N) is 3. The minimum Gasteiger partial charge on any atom is -0.480 e. The third kappa shape index (κ3) is 5.48. The molecule has 0 saturated heterocycles. The summed E-state index contributed by atoms with van der Waals surface area (Å²) in [6.45, 7) is 1.27. The molecule has 0 aliphatic rings. The van der Waals surface area contributed by atoms with Gasteiger partial charge in [-0.3, -0.25) is 9.59 Å². The van der Waals surface area contributed by atoms with Gasteiger partial charge in [-0.1, -0.05) is 0 Å². The van der Waals surface area contributed by atoms with Gasteiger partial charge in [0.05, 0.1) is 6.61 Å². The highest BCUT2D eigenvalue weighted by Gasteiger charge is 2.09. The van der Waals surface area contributed by atoms with Crippen LogP contribution < -0.4 is 15.4 Å². The Morgan fingerprint density at radius 3 is 1.89 bits per heavy atom. The minimum absolute atomic E-state index is 0.0197. The van der Waals surface area contributed by atoms with E-state index in [0.717, 1.165) is 0 Å². The zero-order valence-corrected chi connectivity index (χ0v) is 10.1. The highest BCUT2D eigenvalue weighted by molar-refractivity contribution is 5.72. The molecule has 1 rings (SSSR count). The van der Waals surface area contributed by atoms with Crippen molar-refractivity contribution < 1.29 is 24.5 Å². The van der Waals surface area contributed by atoms with Crippen molar-refractivity contribution in [2.24, 2.45) is 0 Å². The van der Waals surface area contributed by atoms with Gasteiger partial charge in [-0.05, 0) is 6.92 Å². The fourth-order valence-corrected chi connectivity index (χ4v) is 1.02. The van der Waals surface area contributed by atoms with Crippen LogP contribution in [-0.4, -0.2) is 56.8 Å². The van der Waals surface area contributed by atoms with Gasteiger partial charge < -0.3 is 25.6 Å². The monoisotopic (exact) mass is 271 g/mol. The van der Waals surface area contributed by atoms with Crippen molar-refractivity contribution in [2.45, 2.75) is 6.92 Å². The Bertz CT molecular complexity index is 430. The Morgan fingerprint density at radius 1 is 1.05 bits per heavy atom. The molecule has 0 radical (unpaired) electrons. The van der Waals surface area contributed by atoms with Crippen LogP contribution in [-0.2, 0) is 9.59 Å². The van der Waals surface area contributed by atoms with Crippen molar-refractivity contribution in [3.05, 3.63) is 0 Å². The third-order valence-electron chi connectivity index (χ3n) is 1.68. The standard InChI is InChI=1S/C9H13N5O5/c1-2-19-9-13-7(10-3-5(15)16)12-8(14-9)11-4-6(17)18/h2-4H2,1H3,(H,15,16)(H,17,18)(H2,10,11,12,13,14). The Hall–Kier alpha value is -2.65. The van der Waals surface area contributed by atoms with E-state index in [4.69, 9.17) is 14.9 Å². The van der Waals surface area contributed by atoms with Gasteiger partial charge in [0, 0.05) is 0 Å². The number of carboxylic acids is 2. The number of nitrogens with one attached hydrogen (secondary N) is 2. The first-order valence-electron chi connectivity index (χ1n) is 5.31. The van der Waals surface area contributed by atoms with Crippen molar-refractivity contribution in [3.63, 3.8) is 0 Å². The number of carbonyl (C=O) groups is 2. The van der Waals surface area contributed by atoms with E-state index < -0.39 is 11.9 Å². The minimum atomic E-state index is -1.08. The predicted molar refractivity (Wildman–Crippen MR) is 63.2 cm³/mol. The van der Waals surface area contributed by atoms with Gasteiger partial charge in [-0.15, -0.1) is 0 Å². The van der Waals surface area contributed by atoms with E-state index in [0.29, 0.717) is 6.61 Å². The SMILES string of the molecule is CCOc1nc(NCC(=O)O)nc(NCC(=O)O)n1. The fourth-order valence-electron chi connectivity index (χ4n) is 1.02. The molecule has 4 N–H and O–H groups in total. The van der Waals surface area contributed by atoms with E-state index in [-0.39, 0.29) is 31.0 Å². The van der Waals surface area contributed by atoms with Gasteiger partial charge in [-0.2, -0.15) is 15.0 Å². The lowest BCUT2D eigenvalue weighted by Gasteiger charge is -2.08. The predicted octanol–water partition coefficient (Wildman–Crippen LogP) is -0.737. The lowest BCUT2D eigenvalue weighted by molar-refractivity contribution is -0.135. The number of aliphatic carboxylic acids is 2. The Labute approximate surface area is 107 Å². The average Bonchev–Trinajstić information content (AvgIpc) is 2.34. The molecule has 0 fully saturated rings. The van der Waals surface area contributed by atoms with Gasteiger partial charge in [0.25, 0.3) is 0 Å². The van der Waals surface area contributed by atoms with Crippen LogP contribution in [0.2, 0.25) is 0 Å². The Morgan fingerprint density at radius 2 is 1.53 bits per heavy atom. The van der Waals surface area contributed by atoms with E-state index in [1.807, 2.05) is 0 Å². The van der Waals surface area contributed by atoms with E-state index >= 15 is 0 Å². The second-order valence-electron chi connectivity index (χ2n) is 3.19. The van der Waals surface area contributed by atoms with Gasteiger partial charge in [0.2, 0.25) is 11.9 Å². The van der Waals surface area contributed by atoms with Crippen molar-refractivity contribution in [1.82, 2.24) is 15.0 Å². The molecule has 0 bridgehead atoms. The molecular formula is C9H13N5O5. The molecule has 1 heterocycles. The molecule has 0 aliphatic heterocycles. The first kappa shape index (κ1) is 14.4. The number of hydrogen-bond donors (Lipinski definition) is 4. The maximum atomic E-state index is 10.4. The smallest absolute Gasteiger partial charge is 0.323 e. The Balaban J connectivity index is 2.83. The second-order valence-corrected chi connectivity index (χ2v) is 3.19. The van der Waals surface area contributed by atoms with Gasteiger partial charge in [-0.25, -0.2) is 0 Å². The maximum absolute atomic E-state index is 10.4. The number of ether oxygens (including phenoxy) is 1. The number of anilines is 2. The number of rotatable bonds is 8. The van der Waals surface area contributed by atoms with E-state index in [9.17, 15) is 9.59 Å². The molecule has 10 heteroatoms. The average molecular weight is 271 g/mol. The van der Waals surface area contributed by atoms with E-state index in [1.54, 1.807) is 6.92 Å². The molecule has 0 aromatic carbocycles. The summed E-state index contributed by atoms with van der Waals surface area (Å²) in [5, 5.41) is 22.0. The lowest BCUT2D eigenvalue weighted by Crippen LogP contribution is -2.18. The first-order valence-corrected chi connectivity index (χ1v) is 5.31. The number of aromatic nitrogens is 3. The van der Waals surface area contributed by atoms with Crippen LogP contribution in [0.5, 0.6) is 6.01 Å². The van der Waals surface area contributed by atoms with Crippen LogP contribution in [0, 0.1) is 0 Å². The second kappa shape index (κ2) is 6.93. The molecule has 1 aromatic rings. The van der Waals surface area contributed by atoms with Crippen molar-refractivity contribution in [3.8, 4) is 6.01 Å².